The van der Waals surface area contributed by atoms with Gasteiger partial charge in [-0.15, -0.1) is 11.8 Å². The lowest BCUT2D eigenvalue weighted by Crippen LogP contribution is -2.19. The highest BCUT2D eigenvalue weighted by Gasteiger charge is 2.44. The van der Waals surface area contributed by atoms with Gasteiger partial charge >= 0.3 is 5.97 Å². The number of aliphatic carboxylic acids is 1. The van der Waals surface area contributed by atoms with E-state index in [9.17, 15) is 15.0 Å². The van der Waals surface area contributed by atoms with Gasteiger partial charge in [-0.1, -0.05) is 30.7 Å². The van der Waals surface area contributed by atoms with Crippen molar-refractivity contribution in [3.63, 3.8) is 0 Å². The van der Waals surface area contributed by atoms with Crippen LogP contribution in [0.4, 0.5) is 0 Å². The highest BCUT2D eigenvalue weighted by Crippen LogP contribution is 2.50. The number of unbranched alkanes of at least 4 members (excludes halogenated alkanes) is 1. The van der Waals surface area contributed by atoms with Gasteiger partial charge in [0, 0.05) is 18.8 Å². The minimum atomic E-state index is -0.738. The average Bonchev–Trinajstić information content (AvgIpc) is 3.10. The van der Waals surface area contributed by atoms with Crippen LogP contribution < -0.4 is 0 Å². The van der Waals surface area contributed by atoms with Crippen molar-refractivity contribution in [3.05, 3.63) is 23.8 Å². The standard InChI is InChI=1S/C22H32O4/c1-3-4-7-15(2)20(23)11-10-18-19-13-16(8-5-6-9-22(25)26)12-17(19)14-21(18)24/h8,10-11,15,17-21,23-24H,5-7,9,12-14H2,1-2H3,(H,25,26)/b11-10+,16-8+/t15?,17?,18-,19+,20-,21-/m1/s1. The van der Waals surface area contributed by atoms with E-state index in [4.69, 9.17) is 5.11 Å². The van der Waals surface area contributed by atoms with E-state index in [2.05, 4.69) is 17.9 Å². The third-order valence-corrected chi connectivity index (χ3v) is 5.85. The molecule has 0 radical (unpaired) electrons. The van der Waals surface area contributed by atoms with Crippen molar-refractivity contribution < 1.29 is 20.1 Å². The number of rotatable bonds is 8. The molecule has 0 bridgehead atoms. The van der Waals surface area contributed by atoms with Gasteiger partial charge in [-0.2, -0.15) is 0 Å². The zero-order valence-corrected chi connectivity index (χ0v) is 15.9. The van der Waals surface area contributed by atoms with Crippen molar-refractivity contribution >= 4 is 5.97 Å². The normalized spacial score (nSPS) is 31.6. The first-order valence-corrected chi connectivity index (χ1v) is 9.76. The molecule has 26 heavy (non-hydrogen) atoms. The second kappa shape index (κ2) is 9.94. The molecule has 2 unspecified atom stereocenters. The molecule has 0 spiro atoms. The maximum atomic E-state index is 10.6. The van der Waals surface area contributed by atoms with Crippen LogP contribution in [-0.4, -0.2) is 33.5 Å². The van der Waals surface area contributed by atoms with Crippen molar-refractivity contribution in [2.24, 2.45) is 23.7 Å². The minimum Gasteiger partial charge on any atom is -0.481 e. The Morgan fingerprint density at radius 3 is 2.85 bits per heavy atom. The number of allylic oxidation sites excluding steroid dienone is 2. The van der Waals surface area contributed by atoms with Crippen LogP contribution in [0.25, 0.3) is 0 Å². The van der Waals surface area contributed by atoms with Crippen LogP contribution in [0, 0.1) is 35.5 Å². The molecule has 4 nitrogen and oxygen atoms in total. The maximum absolute atomic E-state index is 10.6. The van der Waals surface area contributed by atoms with Gasteiger partial charge in [0.2, 0.25) is 0 Å². The molecular formula is C22H32O4. The summed E-state index contributed by atoms with van der Waals surface area (Å²) in [6.45, 7) is 3.79. The van der Waals surface area contributed by atoms with E-state index in [1.54, 1.807) is 6.92 Å². The Labute approximate surface area is 157 Å². The summed E-state index contributed by atoms with van der Waals surface area (Å²) in [6.07, 6.45) is 10.4. The second-order valence-corrected chi connectivity index (χ2v) is 7.84. The zero-order valence-electron chi connectivity index (χ0n) is 15.9. The van der Waals surface area contributed by atoms with Gasteiger partial charge in [-0.25, -0.2) is 0 Å². The molecule has 2 aliphatic carbocycles. The van der Waals surface area contributed by atoms with E-state index in [1.807, 2.05) is 19.1 Å². The van der Waals surface area contributed by atoms with Crippen LogP contribution >= 0.6 is 0 Å². The van der Waals surface area contributed by atoms with Crippen LogP contribution in [-0.2, 0) is 4.79 Å². The smallest absolute Gasteiger partial charge is 0.303 e. The Balaban J connectivity index is 1.89. The van der Waals surface area contributed by atoms with Crippen LogP contribution in [0.2, 0.25) is 0 Å². The van der Waals surface area contributed by atoms with Gasteiger partial charge in [-0.3, -0.25) is 4.79 Å². The lowest BCUT2D eigenvalue weighted by Gasteiger charge is -2.19. The van der Waals surface area contributed by atoms with E-state index in [-0.39, 0.29) is 24.4 Å². The van der Waals surface area contributed by atoms with E-state index < -0.39 is 12.1 Å². The summed E-state index contributed by atoms with van der Waals surface area (Å²) in [6, 6.07) is 0. The van der Waals surface area contributed by atoms with Gasteiger partial charge < -0.3 is 15.3 Å². The Kier molecular flexibility index (Phi) is 7.93. The molecule has 144 valence electrons. The molecule has 0 heterocycles. The molecule has 2 fully saturated rings. The van der Waals surface area contributed by atoms with E-state index in [0.29, 0.717) is 24.7 Å². The van der Waals surface area contributed by atoms with Crippen molar-refractivity contribution in [2.45, 2.75) is 71.0 Å². The van der Waals surface area contributed by atoms with Crippen LogP contribution in [0.1, 0.15) is 58.8 Å². The SMILES string of the molecule is CC#CCC(C)[C@H](O)/C=C/[C@H]1[C@H](O)CC2C/C(=C\CCCC(=O)O)C[C@@H]21. The summed E-state index contributed by atoms with van der Waals surface area (Å²) >= 11 is 0. The molecule has 0 aliphatic heterocycles. The summed E-state index contributed by atoms with van der Waals surface area (Å²) in [5.41, 5.74) is 1.41. The first-order valence-electron chi connectivity index (χ1n) is 9.76. The Morgan fingerprint density at radius 2 is 2.15 bits per heavy atom. The lowest BCUT2D eigenvalue weighted by atomic mass is 9.89. The summed E-state index contributed by atoms with van der Waals surface area (Å²) in [7, 11) is 0. The molecule has 4 heteroatoms. The first-order chi connectivity index (χ1) is 12.4. The van der Waals surface area contributed by atoms with Crippen LogP contribution in [0.15, 0.2) is 23.8 Å². The monoisotopic (exact) mass is 360 g/mol. The predicted octanol–water partition coefficient (Wildman–Crippen LogP) is 3.54. The molecule has 0 aromatic carbocycles. The Hall–Kier alpha value is -1.57. The third-order valence-electron chi connectivity index (χ3n) is 5.85. The fraction of sp³-hybridized carbons (Fsp3) is 0.682. The highest BCUT2D eigenvalue weighted by atomic mass is 16.4. The van der Waals surface area contributed by atoms with Gasteiger partial charge in [0.05, 0.1) is 12.2 Å². The zero-order chi connectivity index (χ0) is 19.1. The molecule has 3 N–H and O–H groups in total. The number of aliphatic hydroxyl groups is 2. The minimum absolute atomic E-state index is 0.0845. The molecule has 2 aliphatic rings. The molecule has 0 aromatic rings. The van der Waals surface area contributed by atoms with Gasteiger partial charge in [0.1, 0.15) is 0 Å². The summed E-state index contributed by atoms with van der Waals surface area (Å²) < 4.78 is 0. The number of fused-ring (bicyclic) bond motifs is 1. The first kappa shape index (κ1) is 20.7. The van der Waals surface area contributed by atoms with E-state index in [1.165, 1.54) is 5.57 Å². The number of hydrogen-bond donors (Lipinski definition) is 3. The molecule has 0 saturated heterocycles. The van der Waals surface area contributed by atoms with Crippen LogP contribution in [0.3, 0.4) is 0 Å². The van der Waals surface area contributed by atoms with Gasteiger partial charge in [0.15, 0.2) is 0 Å². The number of carbonyl (C=O) groups is 1. The third kappa shape index (κ3) is 5.72. The van der Waals surface area contributed by atoms with Crippen molar-refractivity contribution in [1.29, 1.82) is 0 Å². The number of carboxylic acid groups (broad SMARTS) is 1. The van der Waals surface area contributed by atoms with Crippen LogP contribution in [0.5, 0.6) is 0 Å². The molecule has 0 amide bonds. The van der Waals surface area contributed by atoms with E-state index in [0.717, 1.165) is 25.7 Å². The summed E-state index contributed by atoms with van der Waals surface area (Å²) in [5.74, 6) is 6.25. The van der Waals surface area contributed by atoms with E-state index >= 15 is 0 Å². The van der Waals surface area contributed by atoms with Gasteiger partial charge in [0.25, 0.3) is 0 Å². The largest absolute Gasteiger partial charge is 0.481 e. The molecule has 0 aromatic heterocycles. The molecule has 6 atom stereocenters. The van der Waals surface area contributed by atoms with Gasteiger partial charge in [-0.05, 0) is 56.8 Å². The van der Waals surface area contributed by atoms with Crippen molar-refractivity contribution in [2.75, 3.05) is 0 Å². The molecule has 2 rings (SSSR count). The Morgan fingerprint density at radius 1 is 1.38 bits per heavy atom. The fourth-order valence-corrected chi connectivity index (χ4v) is 4.31. The number of hydrogen-bond acceptors (Lipinski definition) is 3. The highest BCUT2D eigenvalue weighted by molar-refractivity contribution is 5.66. The lowest BCUT2D eigenvalue weighted by molar-refractivity contribution is -0.137. The summed E-state index contributed by atoms with van der Waals surface area (Å²) in [4.78, 5) is 10.6. The summed E-state index contributed by atoms with van der Waals surface area (Å²) in [5, 5.41) is 29.4. The predicted molar refractivity (Wildman–Crippen MR) is 102 cm³/mol. The van der Waals surface area contributed by atoms with Crippen molar-refractivity contribution in [3.8, 4) is 11.8 Å². The average molecular weight is 360 g/mol. The number of carboxylic acids is 1. The van der Waals surface area contributed by atoms with Crippen molar-refractivity contribution in [1.82, 2.24) is 0 Å². The number of aliphatic hydroxyl groups excluding tert-OH is 2. The fourth-order valence-electron chi connectivity index (χ4n) is 4.31. The topological polar surface area (TPSA) is 77.8 Å². The maximum Gasteiger partial charge on any atom is 0.303 e. The molecule has 2 saturated carbocycles. The molecular weight excluding hydrogens is 328 g/mol. The Bertz CT molecular complexity index is 595. The second-order valence-electron chi connectivity index (χ2n) is 7.84. The quantitative estimate of drug-likeness (QED) is 0.351.